The molecule has 17 heavy (non-hydrogen) atoms. The molecule has 0 bridgehead atoms. The van der Waals surface area contributed by atoms with Crippen molar-refractivity contribution in [2.24, 2.45) is 0 Å². The smallest absolute Gasteiger partial charge is 0.423 e. The van der Waals surface area contributed by atoms with Crippen molar-refractivity contribution in [2.75, 3.05) is 0 Å². The van der Waals surface area contributed by atoms with Crippen LogP contribution in [0.5, 0.6) is 0 Å². The van der Waals surface area contributed by atoms with Gasteiger partial charge in [-0.15, -0.1) is 0 Å². The van der Waals surface area contributed by atoms with E-state index in [-0.39, 0.29) is 17.1 Å². The van der Waals surface area contributed by atoms with E-state index in [1.807, 2.05) is 27.7 Å². The maximum absolute atomic E-state index is 10.7. The topological polar surface area (TPSA) is 83.6 Å². The molecule has 0 aromatic heterocycles. The molecule has 0 aliphatic rings. The summed E-state index contributed by atoms with van der Waals surface area (Å²) in [5, 5.41) is 28.5. The first-order chi connectivity index (χ1) is 7.93. The molecule has 0 spiro atoms. The largest absolute Gasteiger partial charge is 0.488 e. The quantitative estimate of drug-likeness (QED) is 0.474. The summed E-state index contributed by atoms with van der Waals surface area (Å²) in [4.78, 5) is 10.2. The summed E-state index contributed by atoms with van der Waals surface area (Å²) in [6, 6.07) is 4.23. The Labute approximate surface area is 101 Å². The minimum Gasteiger partial charge on any atom is -0.423 e. The van der Waals surface area contributed by atoms with Gasteiger partial charge in [-0.05, 0) is 11.4 Å². The average molecular weight is 239 g/mol. The Morgan fingerprint density at radius 3 is 2.18 bits per heavy atom. The second kappa shape index (κ2) is 7.03. The minimum atomic E-state index is -1.68. The lowest BCUT2D eigenvalue weighted by molar-refractivity contribution is -0.385. The highest BCUT2D eigenvalue weighted by Gasteiger charge is 2.20. The van der Waals surface area contributed by atoms with E-state index in [9.17, 15) is 10.1 Å². The lowest BCUT2D eigenvalue weighted by atomic mass is 9.79. The van der Waals surface area contributed by atoms with Crippen LogP contribution in [0.25, 0.3) is 0 Å². The van der Waals surface area contributed by atoms with Crippen LogP contribution in [0, 0.1) is 10.1 Å². The van der Waals surface area contributed by atoms with Crippen molar-refractivity contribution in [3.63, 3.8) is 0 Å². The normalized spacial score (nSPS) is 9.59. The van der Waals surface area contributed by atoms with Crippen LogP contribution >= 0.6 is 0 Å². The molecule has 0 heterocycles. The van der Waals surface area contributed by atoms with Gasteiger partial charge >= 0.3 is 7.12 Å². The van der Waals surface area contributed by atoms with Crippen molar-refractivity contribution in [3.8, 4) is 0 Å². The summed E-state index contributed by atoms with van der Waals surface area (Å²) in [6.45, 7) is 7.69. The van der Waals surface area contributed by atoms with Gasteiger partial charge in [0.05, 0.1) is 4.92 Å². The van der Waals surface area contributed by atoms with E-state index >= 15 is 0 Å². The Kier molecular flexibility index (Phi) is 6.46. The van der Waals surface area contributed by atoms with Crippen LogP contribution in [0.1, 0.15) is 39.2 Å². The third-order valence-corrected chi connectivity index (χ3v) is 2.17. The van der Waals surface area contributed by atoms with Gasteiger partial charge in [-0.1, -0.05) is 39.8 Å². The van der Waals surface area contributed by atoms with E-state index in [0.29, 0.717) is 5.56 Å². The fraction of sp³-hybridized carbons (Fsp3) is 0.455. The van der Waals surface area contributed by atoms with Crippen molar-refractivity contribution in [1.82, 2.24) is 0 Å². The van der Waals surface area contributed by atoms with Gasteiger partial charge < -0.3 is 10.0 Å². The van der Waals surface area contributed by atoms with Crippen LogP contribution in [0.15, 0.2) is 18.2 Å². The van der Waals surface area contributed by atoms with E-state index in [1.165, 1.54) is 12.1 Å². The standard InChI is InChI=1S/C9H12BNO4.C2H6/c1-6(2)8-4-3-7(10(12)13)5-9(8)11(14)15;1-2/h3-6,12-13H,1-2H3;1-2H3. The Bertz CT molecular complexity index is 380. The lowest BCUT2D eigenvalue weighted by Crippen LogP contribution is -2.30. The number of nitro groups is 1. The van der Waals surface area contributed by atoms with Crippen LogP contribution in [0.3, 0.4) is 0 Å². The van der Waals surface area contributed by atoms with Crippen molar-refractivity contribution in [2.45, 2.75) is 33.6 Å². The Hall–Kier alpha value is -1.40. The summed E-state index contributed by atoms with van der Waals surface area (Å²) < 4.78 is 0. The van der Waals surface area contributed by atoms with Gasteiger partial charge in [0, 0.05) is 11.6 Å². The minimum absolute atomic E-state index is 0.0234. The first kappa shape index (κ1) is 15.6. The van der Waals surface area contributed by atoms with Gasteiger partial charge in [-0.2, -0.15) is 0 Å². The molecule has 0 saturated carbocycles. The molecule has 1 aromatic carbocycles. The van der Waals surface area contributed by atoms with E-state index < -0.39 is 12.0 Å². The van der Waals surface area contributed by atoms with Gasteiger partial charge in [0.2, 0.25) is 0 Å². The molecule has 0 aliphatic heterocycles. The zero-order chi connectivity index (χ0) is 13.6. The molecule has 6 heteroatoms. The molecule has 1 rings (SSSR count). The average Bonchev–Trinajstić information content (AvgIpc) is 2.30. The fourth-order valence-corrected chi connectivity index (χ4v) is 1.37. The van der Waals surface area contributed by atoms with Crippen molar-refractivity contribution < 1.29 is 15.0 Å². The molecular formula is C11H18BNO4. The van der Waals surface area contributed by atoms with E-state index in [2.05, 4.69) is 0 Å². The maximum atomic E-state index is 10.7. The van der Waals surface area contributed by atoms with Crippen LogP contribution < -0.4 is 5.46 Å². The summed E-state index contributed by atoms with van der Waals surface area (Å²) in [5.41, 5.74) is 0.645. The van der Waals surface area contributed by atoms with Crippen LogP contribution in [-0.4, -0.2) is 22.1 Å². The number of nitro benzene ring substituents is 1. The lowest BCUT2D eigenvalue weighted by Gasteiger charge is -2.07. The van der Waals surface area contributed by atoms with E-state index in [4.69, 9.17) is 10.0 Å². The first-order valence-electron chi connectivity index (χ1n) is 5.58. The SMILES string of the molecule is CC.CC(C)c1ccc(B(O)O)cc1[N+](=O)[O-]. The molecule has 1 aromatic rings. The predicted molar refractivity (Wildman–Crippen MR) is 68.4 cm³/mol. The second-order valence-electron chi connectivity index (χ2n) is 3.60. The second-order valence-corrected chi connectivity index (χ2v) is 3.60. The number of benzene rings is 1. The van der Waals surface area contributed by atoms with Crippen LogP contribution in [0.2, 0.25) is 0 Å². The third-order valence-electron chi connectivity index (χ3n) is 2.17. The molecule has 0 aliphatic carbocycles. The summed E-state index contributed by atoms with van der Waals surface area (Å²) in [5.74, 6) is 0.0234. The zero-order valence-corrected chi connectivity index (χ0v) is 10.5. The number of rotatable bonds is 3. The van der Waals surface area contributed by atoms with Crippen LogP contribution in [0.4, 0.5) is 5.69 Å². The molecule has 0 fully saturated rings. The zero-order valence-electron chi connectivity index (χ0n) is 10.5. The molecule has 0 amide bonds. The van der Waals surface area contributed by atoms with Gasteiger partial charge in [0.25, 0.3) is 5.69 Å². The number of nitrogens with zero attached hydrogens (tertiary/aromatic N) is 1. The van der Waals surface area contributed by atoms with Crippen molar-refractivity contribution in [3.05, 3.63) is 33.9 Å². The molecular weight excluding hydrogens is 221 g/mol. The maximum Gasteiger partial charge on any atom is 0.488 e. The van der Waals surface area contributed by atoms with Crippen molar-refractivity contribution >= 4 is 18.3 Å². The fourth-order valence-electron chi connectivity index (χ4n) is 1.37. The predicted octanol–water partition coefficient (Wildman–Crippen LogP) is 1.42. The highest BCUT2D eigenvalue weighted by molar-refractivity contribution is 6.58. The summed E-state index contributed by atoms with van der Waals surface area (Å²) in [6.07, 6.45) is 0. The van der Waals surface area contributed by atoms with Gasteiger partial charge in [0.1, 0.15) is 0 Å². The van der Waals surface area contributed by atoms with Gasteiger partial charge in [-0.3, -0.25) is 10.1 Å². The number of hydrogen-bond donors (Lipinski definition) is 2. The Morgan fingerprint density at radius 1 is 1.29 bits per heavy atom. The van der Waals surface area contributed by atoms with Crippen molar-refractivity contribution in [1.29, 1.82) is 0 Å². The monoisotopic (exact) mass is 239 g/mol. The van der Waals surface area contributed by atoms with Gasteiger partial charge in [-0.25, -0.2) is 0 Å². The molecule has 0 unspecified atom stereocenters. The third kappa shape index (κ3) is 4.16. The van der Waals surface area contributed by atoms with Gasteiger partial charge in [0.15, 0.2) is 0 Å². The van der Waals surface area contributed by atoms with E-state index in [0.717, 1.165) is 0 Å². The molecule has 2 N–H and O–H groups in total. The molecule has 0 atom stereocenters. The summed E-state index contributed by atoms with van der Waals surface area (Å²) in [7, 11) is -1.68. The van der Waals surface area contributed by atoms with E-state index in [1.54, 1.807) is 6.07 Å². The molecule has 0 saturated heterocycles. The molecule has 94 valence electrons. The Morgan fingerprint density at radius 2 is 1.82 bits per heavy atom. The summed E-state index contributed by atoms with van der Waals surface area (Å²) >= 11 is 0. The molecule has 0 radical (unpaired) electrons. The highest BCUT2D eigenvalue weighted by atomic mass is 16.6. The van der Waals surface area contributed by atoms with Crippen LogP contribution in [-0.2, 0) is 0 Å². The first-order valence-corrected chi connectivity index (χ1v) is 5.58. The highest BCUT2D eigenvalue weighted by Crippen LogP contribution is 2.24. The number of hydrogen-bond acceptors (Lipinski definition) is 4. The molecule has 5 nitrogen and oxygen atoms in total. The Balaban J connectivity index is 0.00000121.